The van der Waals surface area contributed by atoms with Gasteiger partial charge < -0.3 is 19.8 Å². The number of rotatable bonds is 7. The minimum Gasteiger partial charge on any atom is -0.481 e. The molecule has 0 unspecified atom stereocenters. The van der Waals surface area contributed by atoms with Gasteiger partial charge >= 0.3 is 11.9 Å². The number of hydrogen-bond donors (Lipinski definition) is 2. The van der Waals surface area contributed by atoms with Crippen LogP contribution in [0.15, 0.2) is 30.5 Å². The highest BCUT2D eigenvalue weighted by Gasteiger charge is 2.18. The monoisotopic (exact) mass is 454 g/mol. The van der Waals surface area contributed by atoms with E-state index in [4.69, 9.17) is 14.9 Å². The highest BCUT2D eigenvalue weighted by atomic mass is 19.2. The van der Waals surface area contributed by atoms with Gasteiger partial charge in [0.05, 0.1) is 24.7 Å². The summed E-state index contributed by atoms with van der Waals surface area (Å²) in [7, 11) is 0. The number of aliphatic carboxylic acids is 2. The molecule has 12 heteroatoms. The van der Waals surface area contributed by atoms with E-state index in [2.05, 4.69) is 10.00 Å². The van der Waals surface area contributed by atoms with Crippen LogP contribution in [-0.4, -0.2) is 80.5 Å². The Bertz CT molecular complexity index is 932. The molecule has 1 aromatic heterocycles. The summed E-state index contributed by atoms with van der Waals surface area (Å²) < 4.78 is 33.4. The van der Waals surface area contributed by atoms with Crippen molar-refractivity contribution in [1.29, 1.82) is 0 Å². The number of ether oxygens (including phenoxy) is 1. The first-order valence-electron chi connectivity index (χ1n) is 9.65. The zero-order valence-corrected chi connectivity index (χ0v) is 17.4. The molecular formula is C20H24F2N4O6. The maximum absolute atomic E-state index is 13.3. The molecule has 1 amide bonds. The maximum Gasteiger partial charge on any atom is 0.314 e. The Morgan fingerprint density at radius 2 is 1.69 bits per heavy atom. The molecule has 0 saturated carbocycles. The quantitative estimate of drug-likeness (QED) is 0.601. The molecule has 0 atom stereocenters. The van der Waals surface area contributed by atoms with E-state index in [1.807, 2.05) is 4.90 Å². The van der Waals surface area contributed by atoms with E-state index in [-0.39, 0.29) is 5.91 Å². The molecular weight excluding hydrogens is 430 g/mol. The highest BCUT2D eigenvalue weighted by Crippen LogP contribution is 2.13. The van der Waals surface area contributed by atoms with Gasteiger partial charge in [-0.15, -0.1) is 0 Å². The molecule has 0 spiro atoms. The Morgan fingerprint density at radius 1 is 1.03 bits per heavy atom. The van der Waals surface area contributed by atoms with Crippen LogP contribution in [0.2, 0.25) is 0 Å². The Morgan fingerprint density at radius 3 is 2.22 bits per heavy atom. The first-order chi connectivity index (χ1) is 15.2. The average Bonchev–Trinajstić information content (AvgIpc) is 3.19. The van der Waals surface area contributed by atoms with Crippen molar-refractivity contribution in [1.82, 2.24) is 19.6 Å². The first kappa shape index (κ1) is 24.9. The van der Waals surface area contributed by atoms with E-state index in [0.29, 0.717) is 37.8 Å². The van der Waals surface area contributed by atoms with Crippen molar-refractivity contribution in [3.63, 3.8) is 0 Å². The maximum atomic E-state index is 13.3. The summed E-state index contributed by atoms with van der Waals surface area (Å²) in [4.78, 5) is 34.1. The Hall–Kier alpha value is -3.38. The van der Waals surface area contributed by atoms with E-state index in [1.165, 1.54) is 10.7 Å². The number of halogens is 2. The van der Waals surface area contributed by atoms with Gasteiger partial charge in [0.15, 0.2) is 11.6 Å². The molecule has 1 saturated heterocycles. The molecule has 2 heterocycles. The van der Waals surface area contributed by atoms with Crippen molar-refractivity contribution in [2.75, 3.05) is 32.9 Å². The molecule has 1 aliphatic rings. The van der Waals surface area contributed by atoms with Crippen molar-refractivity contribution in [2.45, 2.75) is 20.0 Å². The molecule has 3 rings (SSSR count). The minimum atomic E-state index is -1.31. The lowest BCUT2D eigenvalue weighted by Crippen LogP contribution is -2.48. The number of benzene rings is 1. The molecule has 174 valence electrons. The number of piperazine rings is 1. The molecule has 0 radical (unpaired) electrons. The second-order valence-corrected chi connectivity index (χ2v) is 6.92. The fourth-order valence-electron chi connectivity index (χ4n) is 2.81. The SMILES string of the molecule is CC(=O)N1CCN(COCc2ccn(-c3ccc(F)c(F)c3)n2)CC1.O=C(O)CC(=O)O. The Labute approximate surface area is 182 Å². The number of carboxylic acid groups (broad SMARTS) is 2. The minimum absolute atomic E-state index is 0.100. The number of hydrogen-bond acceptors (Lipinski definition) is 6. The molecule has 1 aliphatic heterocycles. The lowest BCUT2D eigenvalue weighted by Gasteiger charge is -2.33. The first-order valence-corrected chi connectivity index (χ1v) is 9.65. The van der Waals surface area contributed by atoms with Crippen molar-refractivity contribution >= 4 is 17.8 Å². The summed E-state index contributed by atoms with van der Waals surface area (Å²) in [5, 5.41) is 19.7. The molecule has 1 fully saturated rings. The van der Waals surface area contributed by atoms with Gasteiger partial charge in [-0.05, 0) is 18.2 Å². The Balaban J connectivity index is 0.000000451. The van der Waals surface area contributed by atoms with Crippen LogP contribution >= 0.6 is 0 Å². The predicted molar refractivity (Wildman–Crippen MR) is 107 cm³/mol. The lowest BCUT2D eigenvalue weighted by molar-refractivity contribution is -0.147. The molecule has 10 nitrogen and oxygen atoms in total. The third-order valence-electron chi connectivity index (χ3n) is 4.46. The van der Waals surface area contributed by atoms with Gasteiger partial charge in [0.1, 0.15) is 6.42 Å². The third kappa shape index (κ3) is 8.04. The van der Waals surface area contributed by atoms with Crippen molar-refractivity contribution in [3.05, 3.63) is 47.8 Å². The summed E-state index contributed by atoms with van der Waals surface area (Å²) in [5.74, 6) is -4.32. The molecule has 0 bridgehead atoms. The number of carbonyl (C=O) groups excluding carboxylic acids is 1. The molecule has 2 N–H and O–H groups in total. The van der Waals surface area contributed by atoms with Crippen molar-refractivity contribution in [3.8, 4) is 5.69 Å². The summed E-state index contributed by atoms with van der Waals surface area (Å²) >= 11 is 0. The summed E-state index contributed by atoms with van der Waals surface area (Å²) in [6, 6.07) is 5.41. The molecule has 1 aromatic carbocycles. The second kappa shape index (κ2) is 11.9. The summed E-state index contributed by atoms with van der Waals surface area (Å²) in [6.07, 6.45) is 0.872. The van der Waals surface area contributed by atoms with Gasteiger partial charge in [-0.3, -0.25) is 19.3 Å². The number of carboxylic acids is 2. The predicted octanol–water partition coefficient (Wildman–Crippen LogP) is 1.33. The van der Waals surface area contributed by atoms with Crippen LogP contribution in [0.25, 0.3) is 5.69 Å². The van der Waals surface area contributed by atoms with Crippen molar-refractivity contribution < 1.29 is 38.1 Å². The van der Waals surface area contributed by atoms with E-state index >= 15 is 0 Å². The van der Waals surface area contributed by atoms with E-state index in [0.717, 1.165) is 25.2 Å². The molecule has 0 aliphatic carbocycles. The van der Waals surface area contributed by atoms with Gasteiger partial charge in [-0.1, -0.05) is 0 Å². The number of amides is 1. The van der Waals surface area contributed by atoms with Crippen LogP contribution in [0.5, 0.6) is 0 Å². The fourth-order valence-corrected chi connectivity index (χ4v) is 2.81. The summed E-state index contributed by atoms with van der Waals surface area (Å²) in [5.41, 5.74) is 1.15. The standard InChI is InChI=1S/C17H20F2N4O2.C3H4O4/c1-13(24)22-8-6-21(7-9-22)12-25-11-14-4-5-23(20-14)15-2-3-16(18)17(19)10-15;4-2(5)1-3(6)7/h2-5,10H,6-9,11-12H2,1H3;1H2,(H,4,5)(H,6,7). The Kier molecular flexibility index (Phi) is 9.22. The zero-order chi connectivity index (χ0) is 23.7. The number of nitrogens with zero attached hydrogens (tertiary/aromatic N) is 4. The van der Waals surface area contributed by atoms with Gasteiger partial charge in [-0.25, -0.2) is 13.5 Å². The van der Waals surface area contributed by atoms with E-state index in [9.17, 15) is 23.2 Å². The van der Waals surface area contributed by atoms with Gasteiger partial charge in [0.2, 0.25) is 5.91 Å². The smallest absolute Gasteiger partial charge is 0.314 e. The normalized spacial score (nSPS) is 13.9. The molecule has 2 aromatic rings. The van der Waals surface area contributed by atoms with Gasteiger partial charge in [0, 0.05) is 45.4 Å². The summed E-state index contributed by atoms with van der Waals surface area (Å²) in [6.45, 7) is 5.35. The van der Waals surface area contributed by atoms with Gasteiger partial charge in [0.25, 0.3) is 0 Å². The lowest BCUT2D eigenvalue weighted by atomic mass is 10.3. The van der Waals surface area contributed by atoms with Crippen molar-refractivity contribution in [2.24, 2.45) is 0 Å². The third-order valence-corrected chi connectivity index (χ3v) is 4.46. The highest BCUT2D eigenvalue weighted by molar-refractivity contribution is 5.88. The van der Waals surface area contributed by atoms with Crippen LogP contribution in [-0.2, 0) is 25.7 Å². The van der Waals surface area contributed by atoms with Crippen LogP contribution in [0, 0.1) is 11.6 Å². The van der Waals surface area contributed by atoms with Gasteiger partial charge in [-0.2, -0.15) is 5.10 Å². The van der Waals surface area contributed by atoms with E-state index < -0.39 is 30.0 Å². The second-order valence-electron chi connectivity index (χ2n) is 6.92. The van der Waals surface area contributed by atoms with Crippen LogP contribution in [0.4, 0.5) is 8.78 Å². The number of carbonyl (C=O) groups is 3. The zero-order valence-electron chi connectivity index (χ0n) is 17.4. The van der Waals surface area contributed by atoms with E-state index in [1.54, 1.807) is 19.2 Å². The molecule has 32 heavy (non-hydrogen) atoms. The number of aromatic nitrogens is 2. The van der Waals surface area contributed by atoms with Crippen LogP contribution < -0.4 is 0 Å². The fraction of sp³-hybridized carbons (Fsp3) is 0.400. The van der Waals surface area contributed by atoms with Crippen LogP contribution in [0.3, 0.4) is 0 Å². The largest absolute Gasteiger partial charge is 0.481 e. The average molecular weight is 454 g/mol. The topological polar surface area (TPSA) is 125 Å². The van der Waals surface area contributed by atoms with Crippen LogP contribution in [0.1, 0.15) is 19.0 Å².